The quantitative estimate of drug-likeness (QED) is 0.863. The van der Waals surface area contributed by atoms with Crippen LogP contribution in [0.3, 0.4) is 0 Å². The van der Waals surface area contributed by atoms with Crippen LogP contribution in [0.15, 0.2) is 16.6 Å². The van der Waals surface area contributed by atoms with Crippen LogP contribution in [0.4, 0.5) is 0 Å². The molecule has 1 saturated heterocycles. The van der Waals surface area contributed by atoms with Crippen molar-refractivity contribution in [3.63, 3.8) is 0 Å². The second kappa shape index (κ2) is 5.51. The van der Waals surface area contributed by atoms with Gasteiger partial charge in [-0.1, -0.05) is 11.6 Å². The molecule has 3 heterocycles. The van der Waals surface area contributed by atoms with Crippen LogP contribution in [0.1, 0.15) is 35.5 Å². The summed E-state index contributed by atoms with van der Waals surface area (Å²) in [6.07, 6.45) is 1.73. The molecule has 116 valence electrons. The predicted molar refractivity (Wildman–Crippen MR) is 85.5 cm³/mol. The van der Waals surface area contributed by atoms with Gasteiger partial charge < -0.3 is 14.4 Å². The van der Waals surface area contributed by atoms with Gasteiger partial charge in [0.15, 0.2) is 0 Å². The molecule has 2 atom stereocenters. The molecule has 0 aliphatic carbocycles. The van der Waals surface area contributed by atoms with Crippen LogP contribution in [0.25, 0.3) is 0 Å². The van der Waals surface area contributed by atoms with E-state index in [9.17, 15) is 5.11 Å². The number of aromatic hydroxyl groups is 1. The Hall–Kier alpha value is -1.11. The summed E-state index contributed by atoms with van der Waals surface area (Å²) in [5, 5.41) is 19.4. The number of phenolic OH excluding ortho intramolecular Hbond substituents is 1. The first-order valence-electron chi connectivity index (χ1n) is 7.31. The number of nitrogens with zero attached hydrogens (tertiary/aromatic N) is 3. The van der Waals surface area contributed by atoms with E-state index in [0.29, 0.717) is 17.5 Å². The van der Waals surface area contributed by atoms with E-state index in [4.69, 9.17) is 16.3 Å². The largest absolute Gasteiger partial charge is 0.508 e. The highest BCUT2D eigenvalue weighted by Crippen LogP contribution is 2.42. The number of fused-ring (bicyclic) bond motifs is 1. The first-order chi connectivity index (χ1) is 10.6. The third-order valence-electron chi connectivity index (χ3n) is 4.50. The average Bonchev–Trinajstić information content (AvgIpc) is 3.18. The van der Waals surface area contributed by atoms with Crippen LogP contribution in [0.2, 0.25) is 5.02 Å². The van der Waals surface area contributed by atoms with E-state index in [1.807, 2.05) is 0 Å². The number of hydrogen-bond donors (Lipinski definition) is 1. The minimum absolute atomic E-state index is 0.122. The van der Waals surface area contributed by atoms with Crippen molar-refractivity contribution in [3.05, 3.63) is 38.8 Å². The summed E-state index contributed by atoms with van der Waals surface area (Å²) >= 11 is 9.81. The van der Waals surface area contributed by atoms with E-state index >= 15 is 0 Å². The maximum Gasteiger partial charge on any atom is 0.138 e. The smallest absolute Gasteiger partial charge is 0.138 e. The molecule has 2 aromatic rings. The lowest BCUT2D eigenvalue weighted by Crippen LogP contribution is -2.10. The Bertz CT molecular complexity index is 728. The van der Waals surface area contributed by atoms with Crippen LogP contribution in [0, 0.1) is 0 Å². The fourth-order valence-electron chi connectivity index (χ4n) is 3.38. The number of benzene rings is 1. The van der Waals surface area contributed by atoms with Crippen molar-refractivity contribution in [2.24, 2.45) is 0 Å². The summed E-state index contributed by atoms with van der Waals surface area (Å²) in [5.41, 5.74) is 0.787. The van der Waals surface area contributed by atoms with Crippen molar-refractivity contribution in [2.75, 3.05) is 13.2 Å². The molecule has 0 bridgehead atoms. The fourth-order valence-corrected chi connectivity index (χ4v) is 4.04. The number of ether oxygens (including phenoxy) is 1. The summed E-state index contributed by atoms with van der Waals surface area (Å²) in [4.78, 5) is 0. The number of rotatable bonds is 2. The number of phenols is 1. The van der Waals surface area contributed by atoms with Crippen LogP contribution in [-0.2, 0) is 17.7 Å². The summed E-state index contributed by atoms with van der Waals surface area (Å²) in [7, 11) is 0. The zero-order valence-electron chi connectivity index (χ0n) is 11.8. The molecule has 1 unspecified atom stereocenters. The van der Waals surface area contributed by atoms with Crippen molar-refractivity contribution in [3.8, 4) is 5.75 Å². The molecule has 1 aromatic heterocycles. The van der Waals surface area contributed by atoms with Crippen molar-refractivity contribution in [1.29, 1.82) is 0 Å². The van der Waals surface area contributed by atoms with Gasteiger partial charge in [-0.25, -0.2) is 0 Å². The van der Waals surface area contributed by atoms with Gasteiger partial charge in [-0.2, -0.15) is 0 Å². The van der Waals surface area contributed by atoms with Gasteiger partial charge in [0.25, 0.3) is 0 Å². The third-order valence-corrected chi connectivity index (χ3v) is 5.80. The molecule has 2 aliphatic heterocycles. The summed E-state index contributed by atoms with van der Waals surface area (Å²) in [6.45, 7) is 2.25. The van der Waals surface area contributed by atoms with Gasteiger partial charge in [-0.05, 0) is 34.5 Å². The zero-order valence-corrected chi connectivity index (χ0v) is 14.1. The van der Waals surface area contributed by atoms with Gasteiger partial charge in [0.1, 0.15) is 17.4 Å². The maximum absolute atomic E-state index is 10.2. The van der Waals surface area contributed by atoms with Crippen LogP contribution < -0.4 is 0 Å². The molecule has 2 aliphatic rings. The van der Waals surface area contributed by atoms with Gasteiger partial charge in [-0.3, -0.25) is 0 Å². The summed E-state index contributed by atoms with van der Waals surface area (Å²) < 4.78 is 8.43. The zero-order chi connectivity index (χ0) is 15.3. The Morgan fingerprint density at radius 1 is 1.32 bits per heavy atom. The molecule has 0 saturated carbocycles. The van der Waals surface area contributed by atoms with Gasteiger partial charge in [0.05, 0.1) is 11.6 Å². The van der Waals surface area contributed by atoms with E-state index in [2.05, 4.69) is 30.7 Å². The highest BCUT2D eigenvalue weighted by Gasteiger charge is 2.33. The molecule has 0 spiro atoms. The van der Waals surface area contributed by atoms with Crippen molar-refractivity contribution < 1.29 is 9.84 Å². The Kier molecular flexibility index (Phi) is 3.63. The summed E-state index contributed by atoms with van der Waals surface area (Å²) in [5.74, 6) is 2.65. The molecule has 0 radical (unpaired) electrons. The minimum Gasteiger partial charge on any atom is -0.508 e. The monoisotopic (exact) mass is 383 g/mol. The van der Waals surface area contributed by atoms with E-state index < -0.39 is 0 Å². The first-order valence-corrected chi connectivity index (χ1v) is 8.49. The number of hydrogen-bond acceptors (Lipinski definition) is 4. The van der Waals surface area contributed by atoms with Crippen molar-refractivity contribution >= 4 is 27.5 Å². The van der Waals surface area contributed by atoms with Gasteiger partial charge in [0, 0.05) is 41.4 Å². The Labute approximate surface area is 141 Å². The van der Waals surface area contributed by atoms with Crippen LogP contribution in [0.5, 0.6) is 5.75 Å². The fraction of sp³-hybridized carbons (Fsp3) is 0.467. The standard InChI is InChI=1S/C15H15BrClN3O2/c16-10-1-2-11(21)13(14(10)17)9-5-12-18-19-15(20(12)6-9)8-3-4-22-7-8/h1-2,8-9,21H,3-7H2/t8?,9-/m1/s1. The van der Waals surface area contributed by atoms with E-state index in [0.717, 1.165) is 47.7 Å². The second-order valence-corrected chi connectivity index (χ2v) is 7.07. The molecule has 4 rings (SSSR count). The lowest BCUT2D eigenvalue weighted by atomic mass is 9.96. The second-order valence-electron chi connectivity index (χ2n) is 5.84. The normalized spacial score (nSPS) is 23.9. The van der Waals surface area contributed by atoms with Crippen LogP contribution >= 0.6 is 27.5 Å². The van der Waals surface area contributed by atoms with Gasteiger partial charge in [0.2, 0.25) is 0 Å². The number of halogens is 2. The lowest BCUT2D eigenvalue weighted by molar-refractivity contribution is 0.192. The summed E-state index contributed by atoms with van der Waals surface area (Å²) in [6, 6.07) is 3.44. The first kappa shape index (κ1) is 14.5. The van der Waals surface area contributed by atoms with Gasteiger partial charge >= 0.3 is 0 Å². The molecule has 7 heteroatoms. The molecule has 0 amide bonds. The van der Waals surface area contributed by atoms with Crippen LogP contribution in [-0.4, -0.2) is 33.1 Å². The predicted octanol–water partition coefficient (Wildman–Crippen LogP) is 3.24. The maximum atomic E-state index is 10.2. The van der Waals surface area contributed by atoms with E-state index in [1.165, 1.54) is 0 Å². The molecule has 1 aromatic carbocycles. The molecule has 22 heavy (non-hydrogen) atoms. The SMILES string of the molecule is Oc1ccc(Br)c(Cl)c1[C@@H]1Cc2nnc(C3CCOC3)n2C1. The molecule has 1 N–H and O–H groups in total. The average molecular weight is 385 g/mol. The Morgan fingerprint density at radius 3 is 2.95 bits per heavy atom. The third kappa shape index (κ3) is 2.25. The molecule has 5 nitrogen and oxygen atoms in total. The highest BCUT2D eigenvalue weighted by molar-refractivity contribution is 9.10. The lowest BCUT2D eigenvalue weighted by Gasteiger charge is -2.15. The molecule has 1 fully saturated rings. The molecular formula is C15H15BrClN3O2. The van der Waals surface area contributed by atoms with Crippen molar-refractivity contribution in [1.82, 2.24) is 14.8 Å². The van der Waals surface area contributed by atoms with Crippen molar-refractivity contribution in [2.45, 2.75) is 31.2 Å². The minimum atomic E-state index is 0.122. The van der Waals surface area contributed by atoms with E-state index in [1.54, 1.807) is 12.1 Å². The Balaban J connectivity index is 1.67. The Morgan fingerprint density at radius 2 is 2.18 bits per heavy atom. The van der Waals surface area contributed by atoms with E-state index in [-0.39, 0.29) is 11.7 Å². The van der Waals surface area contributed by atoms with Gasteiger partial charge in [-0.15, -0.1) is 10.2 Å². The topological polar surface area (TPSA) is 60.2 Å². The number of aromatic nitrogens is 3. The highest BCUT2D eigenvalue weighted by atomic mass is 79.9. The molecular weight excluding hydrogens is 370 g/mol.